The van der Waals surface area contributed by atoms with E-state index < -0.39 is 0 Å². The Kier molecular flexibility index (Phi) is 5.02. The molecule has 2 aromatic carbocycles. The number of benzene rings is 2. The highest BCUT2D eigenvalue weighted by Gasteiger charge is 2.32. The largest absolute Gasteiger partial charge is 0.0622 e. The molecule has 2 fully saturated rings. The van der Waals surface area contributed by atoms with Crippen molar-refractivity contribution in [2.45, 2.75) is 63.2 Å². The van der Waals surface area contributed by atoms with E-state index in [1.165, 1.54) is 51.4 Å². The van der Waals surface area contributed by atoms with Crippen LogP contribution in [-0.4, -0.2) is 0 Å². The minimum atomic E-state index is 0.807. The predicted octanol–water partition coefficient (Wildman–Crippen LogP) is 6.93. The third-order valence-corrected chi connectivity index (χ3v) is 6.64. The van der Waals surface area contributed by atoms with Crippen molar-refractivity contribution in [3.05, 3.63) is 71.8 Å². The second kappa shape index (κ2) is 7.55. The van der Waals surface area contributed by atoms with Gasteiger partial charge in [-0.25, -0.2) is 0 Å². The molecule has 2 saturated carbocycles. The Balaban J connectivity index is 1.43. The van der Waals surface area contributed by atoms with E-state index in [0.29, 0.717) is 0 Å². The fourth-order valence-electron chi connectivity index (χ4n) is 5.37. The Morgan fingerprint density at radius 1 is 0.500 bits per heavy atom. The average Bonchev–Trinajstić information content (AvgIpc) is 2.70. The summed E-state index contributed by atoms with van der Waals surface area (Å²) in [4.78, 5) is 0. The lowest BCUT2D eigenvalue weighted by Gasteiger charge is -2.39. The molecule has 4 unspecified atom stereocenters. The molecule has 2 aliphatic carbocycles. The zero-order valence-electron chi connectivity index (χ0n) is 14.7. The van der Waals surface area contributed by atoms with Gasteiger partial charge in [0.05, 0.1) is 0 Å². The SMILES string of the molecule is c1ccc(C2CCCC(C3CCCC(c4ccccc4)C3)C2)cc1. The molecule has 0 saturated heterocycles. The van der Waals surface area contributed by atoms with Crippen LogP contribution in [0.1, 0.15) is 74.3 Å². The lowest BCUT2D eigenvalue weighted by atomic mass is 9.66. The molecular weight excluding hydrogens is 288 g/mol. The molecular formula is C24H30. The lowest BCUT2D eigenvalue weighted by molar-refractivity contribution is 0.171. The van der Waals surface area contributed by atoms with E-state index in [4.69, 9.17) is 0 Å². The van der Waals surface area contributed by atoms with E-state index in [1.54, 1.807) is 11.1 Å². The molecule has 0 radical (unpaired) electrons. The van der Waals surface area contributed by atoms with Crippen LogP contribution in [0.2, 0.25) is 0 Å². The number of hydrogen-bond acceptors (Lipinski definition) is 0. The van der Waals surface area contributed by atoms with Gasteiger partial charge in [0.25, 0.3) is 0 Å². The fourth-order valence-corrected chi connectivity index (χ4v) is 5.37. The Bertz CT molecular complexity index is 558. The summed E-state index contributed by atoms with van der Waals surface area (Å²) in [6.07, 6.45) is 11.4. The Hall–Kier alpha value is -1.56. The van der Waals surface area contributed by atoms with Gasteiger partial charge in [-0.1, -0.05) is 86.3 Å². The second-order valence-corrected chi connectivity index (χ2v) is 8.07. The minimum Gasteiger partial charge on any atom is -0.0622 e. The van der Waals surface area contributed by atoms with E-state index in [1.807, 2.05) is 0 Å². The van der Waals surface area contributed by atoms with Gasteiger partial charge in [0.1, 0.15) is 0 Å². The van der Waals surface area contributed by atoms with Gasteiger partial charge in [0.2, 0.25) is 0 Å². The molecule has 0 aliphatic heterocycles. The summed E-state index contributed by atoms with van der Waals surface area (Å²) in [5, 5.41) is 0. The highest BCUT2D eigenvalue weighted by Crippen LogP contribution is 2.46. The molecule has 0 amide bonds. The third kappa shape index (κ3) is 3.58. The summed E-state index contributed by atoms with van der Waals surface area (Å²) >= 11 is 0. The Morgan fingerprint density at radius 3 is 1.33 bits per heavy atom. The van der Waals surface area contributed by atoms with Gasteiger partial charge in [-0.2, -0.15) is 0 Å². The van der Waals surface area contributed by atoms with Crippen molar-refractivity contribution in [3.63, 3.8) is 0 Å². The van der Waals surface area contributed by atoms with Crippen molar-refractivity contribution in [1.82, 2.24) is 0 Å². The van der Waals surface area contributed by atoms with Gasteiger partial charge in [0.15, 0.2) is 0 Å². The topological polar surface area (TPSA) is 0 Å². The van der Waals surface area contributed by atoms with Gasteiger partial charge in [-0.15, -0.1) is 0 Å². The molecule has 126 valence electrons. The molecule has 0 nitrogen and oxygen atoms in total. The number of rotatable bonds is 3. The van der Waals surface area contributed by atoms with Gasteiger partial charge < -0.3 is 0 Å². The van der Waals surface area contributed by atoms with Crippen molar-refractivity contribution >= 4 is 0 Å². The van der Waals surface area contributed by atoms with Crippen molar-refractivity contribution in [2.24, 2.45) is 11.8 Å². The summed E-state index contributed by atoms with van der Waals surface area (Å²) in [6.45, 7) is 0. The van der Waals surface area contributed by atoms with Crippen molar-refractivity contribution < 1.29 is 0 Å². The van der Waals surface area contributed by atoms with Gasteiger partial charge in [-0.3, -0.25) is 0 Å². The molecule has 4 rings (SSSR count). The normalized spacial score (nSPS) is 30.8. The van der Waals surface area contributed by atoms with Gasteiger partial charge in [-0.05, 0) is 60.5 Å². The summed E-state index contributed by atoms with van der Waals surface area (Å²) in [7, 11) is 0. The maximum Gasteiger partial charge on any atom is -0.0159 e. The first-order chi connectivity index (χ1) is 11.9. The molecule has 0 heterocycles. The van der Waals surface area contributed by atoms with Crippen LogP contribution in [0, 0.1) is 11.8 Å². The van der Waals surface area contributed by atoms with Gasteiger partial charge in [0, 0.05) is 0 Å². The molecule has 24 heavy (non-hydrogen) atoms. The lowest BCUT2D eigenvalue weighted by Crippen LogP contribution is -2.26. The Labute approximate surface area is 147 Å². The van der Waals surface area contributed by atoms with E-state index in [2.05, 4.69) is 60.7 Å². The third-order valence-electron chi connectivity index (χ3n) is 6.64. The van der Waals surface area contributed by atoms with E-state index in [0.717, 1.165) is 23.7 Å². The maximum absolute atomic E-state index is 2.35. The number of hydrogen-bond donors (Lipinski definition) is 0. The quantitative estimate of drug-likeness (QED) is 0.575. The molecule has 0 bridgehead atoms. The van der Waals surface area contributed by atoms with Crippen molar-refractivity contribution in [3.8, 4) is 0 Å². The van der Waals surface area contributed by atoms with Crippen LogP contribution in [0.4, 0.5) is 0 Å². The predicted molar refractivity (Wildman–Crippen MR) is 102 cm³/mol. The first kappa shape index (κ1) is 15.9. The molecule has 2 aliphatic rings. The zero-order chi connectivity index (χ0) is 16.2. The van der Waals surface area contributed by atoms with Crippen LogP contribution in [0.5, 0.6) is 0 Å². The van der Waals surface area contributed by atoms with Crippen LogP contribution in [0.15, 0.2) is 60.7 Å². The summed E-state index contributed by atoms with van der Waals surface area (Å²) in [5.41, 5.74) is 3.16. The van der Waals surface area contributed by atoms with Crippen LogP contribution in [0.3, 0.4) is 0 Å². The molecule has 4 atom stereocenters. The zero-order valence-corrected chi connectivity index (χ0v) is 14.7. The molecule has 0 heteroatoms. The molecule has 0 aromatic heterocycles. The summed E-state index contributed by atoms with van der Waals surface area (Å²) in [5.74, 6) is 3.52. The summed E-state index contributed by atoms with van der Waals surface area (Å²) < 4.78 is 0. The standard InChI is InChI=1S/C24H30/c1-3-9-19(10-4-1)21-13-7-15-23(17-21)24-16-8-14-22(18-24)20-11-5-2-6-12-20/h1-6,9-12,21-24H,7-8,13-18H2. The first-order valence-corrected chi connectivity index (χ1v) is 10.00. The van der Waals surface area contributed by atoms with Crippen LogP contribution < -0.4 is 0 Å². The van der Waals surface area contributed by atoms with Crippen LogP contribution >= 0.6 is 0 Å². The van der Waals surface area contributed by atoms with Crippen molar-refractivity contribution in [1.29, 1.82) is 0 Å². The van der Waals surface area contributed by atoms with E-state index >= 15 is 0 Å². The van der Waals surface area contributed by atoms with E-state index in [-0.39, 0.29) is 0 Å². The van der Waals surface area contributed by atoms with E-state index in [9.17, 15) is 0 Å². The summed E-state index contributed by atoms with van der Waals surface area (Å²) in [6, 6.07) is 22.5. The fraction of sp³-hybridized carbons (Fsp3) is 0.500. The molecule has 0 N–H and O–H groups in total. The average molecular weight is 319 g/mol. The Morgan fingerprint density at radius 2 is 0.917 bits per heavy atom. The van der Waals surface area contributed by atoms with Crippen LogP contribution in [-0.2, 0) is 0 Å². The second-order valence-electron chi connectivity index (χ2n) is 8.07. The molecule has 0 spiro atoms. The van der Waals surface area contributed by atoms with Crippen molar-refractivity contribution in [2.75, 3.05) is 0 Å². The minimum absolute atomic E-state index is 0.807. The van der Waals surface area contributed by atoms with Gasteiger partial charge >= 0.3 is 0 Å². The smallest absolute Gasteiger partial charge is 0.0159 e. The first-order valence-electron chi connectivity index (χ1n) is 10.00. The molecule has 2 aromatic rings. The highest BCUT2D eigenvalue weighted by molar-refractivity contribution is 5.21. The highest BCUT2D eigenvalue weighted by atomic mass is 14.4. The maximum atomic E-state index is 2.35. The van der Waals surface area contributed by atoms with Crippen LogP contribution in [0.25, 0.3) is 0 Å². The monoisotopic (exact) mass is 318 g/mol.